The SMILES string of the molecule is CNc1cc(Nc2cccn([C@H]3[C@@H]4COC[C@@H]43)c2=O)nc2c(C(=O)NC3CC[C@@H]3F)cnn12. The number of halogens is 1. The molecular formula is C22H24FN7O3. The topological polar surface area (TPSA) is 115 Å². The van der Waals surface area contributed by atoms with E-state index in [4.69, 9.17) is 4.74 Å². The normalized spacial score (nSPS) is 27.6. The maximum absolute atomic E-state index is 13.6. The summed E-state index contributed by atoms with van der Waals surface area (Å²) in [5.41, 5.74) is 0.810. The molecule has 0 spiro atoms. The van der Waals surface area contributed by atoms with Gasteiger partial charge in [0.2, 0.25) is 0 Å². The van der Waals surface area contributed by atoms with E-state index < -0.39 is 18.1 Å². The fraction of sp³-hybridized carbons (Fsp3) is 0.455. The lowest BCUT2D eigenvalue weighted by Crippen LogP contribution is -2.48. The third kappa shape index (κ3) is 3.26. The number of pyridine rings is 1. The second kappa shape index (κ2) is 7.55. The molecule has 3 aliphatic rings. The average Bonchev–Trinajstić information content (AvgIpc) is 3.15. The van der Waals surface area contributed by atoms with Gasteiger partial charge in [0.1, 0.15) is 29.1 Å². The summed E-state index contributed by atoms with van der Waals surface area (Å²) in [6.07, 6.45) is 3.27. The van der Waals surface area contributed by atoms with Crippen LogP contribution in [0.5, 0.6) is 0 Å². The summed E-state index contributed by atoms with van der Waals surface area (Å²) in [5.74, 6) is 1.35. The third-order valence-corrected chi connectivity index (χ3v) is 6.94. The van der Waals surface area contributed by atoms with Crippen LogP contribution in [0.1, 0.15) is 29.2 Å². The van der Waals surface area contributed by atoms with E-state index in [9.17, 15) is 14.0 Å². The zero-order valence-electron chi connectivity index (χ0n) is 18.0. The Kier molecular flexibility index (Phi) is 4.61. The van der Waals surface area contributed by atoms with E-state index in [1.54, 1.807) is 23.7 Å². The van der Waals surface area contributed by atoms with Gasteiger partial charge in [0.05, 0.1) is 25.5 Å². The van der Waals surface area contributed by atoms with Gasteiger partial charge >= 0.3 is 0 Å². The Bertz CT molecular complexity index is 1290. The van der Waals surface area contributed by atoms with Crippen molar-refractivity contribution >= 4 is 28.9 Å². The molecule has 3 N–H and O–H groups in total. The van der Waals surface area contributed by atoms with Gasteiger partial charge in [-0.3, -0.25) is 9.59 Å². The fourth-order valence-corrected chi connectivity index (χ4v) is 4.83. The van der Waals surface area contributed by atoms with Crippen LogP contribution >= 0.6 is 0 Å². The number of nitrogens with one attached hydrogen (secondary N) is 3. The first-order chi connectivity index (χ1) is 16.0. The van der Waals surface area contributed by atoms with Gasteiger partial charge in [0.25, 0.3) is 11.5 Å². The van der Waals surface area contributed by atoms with E-state index in [-0.39, 0.29) is 17.2 Å². The number of nitrogens with zero attached hydrogens (tertiary/aromatic N) is 4. The first-order valence-corrected chi connectivity index (χ1v) is 11.1. The van der Waals surface area contributed by atoms with Crippen molar-refractivity contribution < 1.29 is 13.9 Å². The standard InChI is InChI=1S/C22H24FN7O3/c1-24-18-7-17(26-16-3-2-6-29(22(16)32)19-12-9-33-10-13(12)19)28-20-11(8-25-30(18)20)21(31)27-15-5-4-14(15)23/h2-3,6-8,12-15,19,24H,4-5,9-10H2,1H3,(H,26,28)(H,27,31)/t12-,13+,14-,15?,19+/m0/s1. The van der Waals surface area contributed by atoms with Gasteiger partial charge < -0.3 is 25.3 Å². The Balaban J connectivity index is 1.31. The van der Waals surface area contributed by atoms with E-state index in [2.05, 4.69) is 26.0 Å². The van der Waals surface area contributed by atoms with Gasteiger partial charge in [-0.25, -0.2) is 9.37 Å². The average molecular weight is 453 g/mol. The van der Waals surface area contributed by atoms with Gasteiger partial charge in [0, 0.05) is 37.2 Å². The lowest BCUT2D eigenvalue weighted by Gasteiger charge is -2.30. The number of ether oxygens (including phenoxy) is 1. The molecule has 172 valence electrons. The molecule has 33 heavy (non-hydrogen) atoms. The zero-order chi connectivity index (χ0) is 22.7. The lowest BCUT2D eigenvalue weighted by molar-refractivity contribution is 0.0826. The first kappa shape index (κ1) is 20.2. The molecule has 1 saturated heterocycles. The minimum atomic E-state index is -1.02. The first-order valence-electron chi connectivity index (χ1n) is 11.1. The van der Waals surface area contributed by atoms with E-state index >= 15 is 0 Å². The van der Waals surface area contributed by atoms with Crippen LogP contribution in [0.4, 0.5) is 21.7 Å². The number of amides is 1. The summed E-state index contributed by atoms with van der Waals surface area (Å²) in [5, 5.41) is 13.1. The van der Waals surface area contributed by atoms with Crippen molar-refractivity contribution in [3.05, 3.63) is 46.5 Å². The molecule has 0 radical (unpaired) electrons. The van der Waals surface area contributed by atoms with E-state index in [1.165, 1.54) is 10.7 Å². The predicted octanol–water partition coefficient (Wildman–Crippen LogP) is 1.72. The van der Waals surface area contributed by atoms with Gasteiger partial charge in [-0.15, -0.1) is 0 Å². The van der Waals surface area contributed by atoms with Crippen LogP contribution in [-0.4, -0.2) is 57.5 Å². The Labute approximate surface area is 188 Å². The lowest BCUT2D eigenvalue weighted by atomic mass is 9.90. The molecule has 5 atom stereocenters. The van der Waals surface area contributed by atoms with Gasteiger partial charge in [0.15, 0.2) is 5.65 Å². The summed E-state index contributed by atoms with van der Waals surface area (Å²) in [7, 11) is 1.73. The number of hydrogen-bond donors (Lipinski definition) is 3. The number of aromatic nitrogens is 4. The molecule has 1 unspecified atom stereocenters. The second-order valence-electron chi connectivity index (χ2n) is 8.86. The number of carbonyl (C=O) groups is 1. The number of rotatable bonds is 6. The molecule has 4 heterocycles. The summed E-state index contributed by atoms with van der Waals surface area (Å²) in [4.78, 5) is 30.4. The highest BCUT2D eigenvalue weighted by atomic mass is 19.1. The Morgan fingerprint density at radius 2 is 2.09 bits per heavy atom. The summed E-state index contributed by atoms with van der Waals surface area (Å²) < 4.78 is 22.3. The van der Waals surface area contributed by atoms with Crippen LogP contribution in [-0.2, 0) is 4.74 Å². The van der Waals surface area contributed by atoms with Crippen LogP contribution in [0, 0.1) is 11.8 Å². The number of hydrogen-bond acceptors (Lipinski definition) is 7. The Hall–Kier alpha value is -3.47. The maximum Gasteiger partial charge on any atom is 0.274 e. The molecule has 3 fully saturated rings. The minimum absolute atomic E-state index is 0.130. The van der Waals surface area contributed by atoms with Crippen LogP contribution < -0.4 is 21.5 Å². The van der Waals surface area contributed by atoms with Crippen molar-refractivity contribution in [2.75, 3.05) is 30.9 Å². The summed E-state index contributed by atoms with van der Waals surface area (Å²) >= 11 is 0. The highest BCUT2D eigenvalue weighted by Gasteiger charge is 2.55. The molecular weight excluding hydrogens is 429 g/mol. The highest BCUT2D eigenvalue weighted by molar-refractivity contribution is 6.00. The van der Waals surface area contributed by atoms with Crippen LogP contribution in [0.2, 0.25) is 0 Å². The summed E-state index contributed by atoms with van der Waals surface area (Å²) in [6, 6.07) is 4.95. The molecule has 0 bridgehead atoms. The molecule has 3 aromatic heterocycles. The third-order valence-electron chi connectivity index (χ3n) is 6.94. The molecule has 10 nitrogen and oxygen atoms in total. The smallest absolute Gasteiger partial charge is 0.274 e. The van der Waals surface area contributed by atoms with Crippen molar-refractivity contribution in [1.82, 2.24) is 24.5 Å². The van der Waals surface area contributed by atoms with E-state index in [0.29, 0.717) is 60.9 Å². The molecule has 2 saturated carbocycles. The summed E-state index contributed by atoms with van der Waals surface area (Å²) in [6.45, 7) is 1.39. The van der Waals surface area contributed by atoms with Crippen LogP contribution in [0.3, 0.4) is 0 Å². The van der Waals surface area contributed by atoms with E-state index in [0.717, 1.165) is 0 Å². The molecule has 2 aliphatic carbocycles. The van der Waals surface area contributed by atoms with E-state index in [1.807, 2.05) is 12.3 Å². The molecule has 11 heteroatoms. The highest BCUT2D eigenvalue weighted by Crippen LogP contribution is 2.53. The molecule has 1 aliphatic heterocycles. The maximum atomic E-state index is 13.6. The monoisotopic (exact) mass is 453 g/mol. The van der Waals surface area contributed by atoms with Crippen molar-refractivity contribution in [2.45, 2.75) is 31.1 Å². The largest absolute Gasteiger partial charge is 0.381 e. The van der Waals surface area contributed by atoms with Crippen LogP contribution in [0.15, 0.2) is 35.4 Å². The van der Waals surface area contributed by atoms with Crippen molar-refractivity contribution in [1.29, 1.82) is 0 Å². The van der Waals surface area contributed by atoms with Crippen molar-refractivity contribution in [2.24, 2.45) is 11.8 Å². The zero-order valence-corrected chi connectivity index (χ0v) is 18.0. The van der Waals surface area contributed by atoms with Crippen LogP contribution in [0.25, 0.3) is 5.65 Å². The Morgan fingerprint density at radius 3 is 2.79 bits per heavy atom. The predicted molar refractivity (Wildman–Crippen MR) is 119 cm³/mol. The van der Waals surface area contributed by atoms with Crippen molar-refractivity contribution in [3.63, 3.8) is 0 Å². The van der Waals surface area contributed by atoms with Gasteiger partial charge in [-0.2, -0.15) is 9.61 Å². The molecule has 0 aromatic carbocycles. The second-order valence-corrected chi connectivity index (χ2v) is 8.86. The molecule has 6 rings (SSSR count). The van der Waals surface area contributed by atoms with Gasteiger partial charge in [-0.05, 0) is 25.0 Å². The number of fused-ring (bicyclic) bond motifs is 2. The number of anilines is 3. The minimum Gasteiger partial charge on any atom is -0.381 e. The molecule has 1 amide bonds. The van der Waals surface area contributed by atoms with Gasteiger partial charge in [-0.1, -0.05) is 0 Å². The van der Waals surface area contributed by atoms with Crippen molar-refractivity contribution in [3.8, 4) is 0 Å². The molecule has 3 aromatic rings. The quantitative estimate of drug-likeness (QED) is 0.521. The Morgan fingerprint density at radius 1 is 1.27 bits per heavy atom. The number of alkyl halides is 1. The fourth-order valence-electron chi connectivity index (χ4n) is 4.83. The number of carbonyl (C=O) groups excluding carboxylic acids is 1.